The molecule has 106 valence electrons. The molecule has 0 radical (unpaired) electrons. The Morgan fingerprint density at radius 2 is 2.21 bits per heavy atom. The standard InChI is InChI=1S/C15H25N3S/c1-10-6-5-7-18(10)14-17-12-9-15(2,3)8-11(16-4)13(12)19-14/h10-11,16H,5-9H2,1-4H3. The highest BCUT2D eigenvalue weighted by atomic mass is 32.1. The number of nitrogens with one attached hydrogen (secondary N) is 1. The highest BCUT2D eigenvalue weighted by Gasteiger charge is 2.35. The van der Waals surface area contributed by atoms with E-state index in [1.165, 1.54) is 41.5 Å². The molecule has 1 aromatic heterocycles. The minimum absolute atomic E-state index is 0.364. The smallest absolute Gasteiger partial charge is 0.186 e. The van der Waals surface area contributed by atoms with Crippen molar-refractivity contribution in [1.82, 2.24) is 10.3 Å². The summed E-state index contributed by atoms with van der Waals surface area (Å²) in [5.74, 6) is 0. The van der Waals surface area contributed by atoms with Gasteiger partial charge < -0.3 is 10.2 Å². The molecular weight excluding hydrogens is 254 g/mol. The van der Waals surface area contributed by atoms with Crippen LogP contribution in [-0.4, -0.2) is 24.6 Å². The van der Waals surface area contributed by atoms with Gasteiger partial charge in [0, 0.05) is 23.5 Å². The van der Waals surface area contributed by atoms with Crippen molar-refractivity contribution in [2.24, 2.45) is 5.41 Å². The molecule has 1 fully saturated rings. The van der Waals surface area contributed by atoms with Crippen LogP contribution in [0.15, 0.2) is 0 Å². The maximum Gasteiger partial charge on any atom is 0.186 e. The summed E-state index contributed by atoms with van der Waals surface area (Å²) in [4.78, 5) is 8.97. The first-order valence-electron chi connectivity index (χ1n) is 7.44. The van der Waals surface area contributed by atoms with E-state index in [2.05, 4.69) is 38.0 Å². The quantitative estimate of drug-likeness (QED) is 0.899. The van der Waals surface area contributed by atoms with Crippen LogP contribution < -0.4 is 10.2 Å². The van der Waals surface area contributed by atoms with Gasteiger partial charge in [0.1, 0.15) is 0 Å². The molecule has 1 aromatic rings. The fraction of sp³-hybridized carbons (Fsp3) is 0.800. The van der Waals surface area contributed by atoms with E-state index < -0.39 is 0 Å². The van der Waals surface area contributed by atoms with Gasteiger partial charge in [-0.15, -0.1) is 0 Å². The first-order chi connectivity index (χ1) is 9.00. The fourth-order valence-electron chi connectivity index (χ4n) is 3.49. The van der Waals surface area contributed by atoms with Gasteiger partial charge in [0.05, 0.1) is 5.69 Å². The van der Waals surface area contributed by atoms with Gasteiger partial charge in [-0.3, -0.25) is 0 Å². The third-order valence-electron chi connectivity index (χ3n) is 4.58. The van der Waals surface area contributed by atoms with Gasteiger partial charge in [0.25, 0.3) is 0 Å². The van der Waals surface area contributed by atoms with Gasteiger partial charge in [-0.2, -0.15) is 0 Å². The fourth-order valence-corrected chi connectivity index (χ4v) is 4.81. The highest BCUT2D eigenvalue weighted by molar-refractivity contribution is 7.15. The second-order valence-electron chi connectivity index (χ2n) is 6.88. The summed E-state index contributed by atoms with van der Waals surface area (Å²) in [6.07, 6.45) is 4.96. The molecular formula is C15H25N3S. The van der Waals surface area contributed by atoms with Gasteiger partial charge in [-0.25, -0.2) is 4.98 Å². The molecule has 2 aliphatic rings. The summed E-state index contributed by atoms with van der Waals surface area (Å²) in [7, 11) is 2.08. The summed E-state index contributed by atoms with van der Waals surface area (Å²) in [5.41, 5.74) is 1.71. The van der Waals surface area contributed by atoms with Crippen LogP contribution in [0.4, 0.5) is 5.13 Å². The lowest BCUT2D eigenvalue weighted by molar-refractivity contribution is 0.265. The van der Waals surface area contributed by atoms with Gasteiger partial charge in [0.2, 0.25) is 0 Å². The van der Waals surface area contributed by atoms with E-state index in [0.29, 0.717) is 17.5 Å². The number of hydrogen-bond donors (Lipinski definition) is 1. The number of rotatable bonds is 2. The molecule has 4 heteroatoms. The molecule has 1 aliphatic carbocycles. The number of aromatic nitrogens is 1. The molecule has 19 heavy (non-hydrogen) atoms. The average Bonchev–Trinajstić information content (AvgIpc) is 2.92. The lowest BCUT2D eigenvalue weighted by Gasteiger charge is -2.34. The van der Waals surface area contributed by atoms with E-state index in [1.807, 2.05) is 11.3 Å². The molecule has 0 amide bonds. The molecule has 2 heterocycles. The Morgan fingerprint density at radius 3 is 2.84 bits per heavy atom. The number of thiazole rings is 1. The zero-order valence-corrected chi connectivity index (χ0v) is 13.3. The molecule has 3 nitrogen and oxygen atoms in total. The van der Waals surface area contributed by atoms with Gasteiger partial charge in [0.15, 0.2) is 5.13 Å². The lowest BCUT2D eigenvalue weighted by Crippen LogP contribution is -2.30. The summed E-state index contributed by atoms with van der Waals surface area (Å²) in [6.45, 7) is 8.23. The van der Waals surface area contributed by atoms with E-state index in [9.17, 15) is 0 Å². The van der Waals surface area contributed by atoms with Gasteiger partial charge in [-0.05, 0) is 45.1 Å². The highest BCUT2D eigenvalue weighted by Crippen LogP contribution is 2.45. The Morgan fingerprint density at radius 1 is 1.42 bits per heavy atom. The van der Waals surface area contributed by atoms with Crippen LogP contribution in [0.3, 0.4) is 0 Å². The van der Waals surface area contributed by atoms with Crippen LogP contribution in [0.25, 0.3) is 0 Å². The largest absolute Gasteiger partial charge is 0.345 e. The molecule has 3 rings (SSSR count). The number of fused-ring (bicyclic) bond motifs is 1. The third kappa shape index (κ3) is 2.40. The molecule has 1 aliphatic heterocycles. The molecule has 1 saturated heterocycles. The molecule has 0 bridgehead atoms. The van der Waals surface area contributed by atoms with Crippen molar-refractivity contribution in [3.63, 3.8) is 0 Å². The van der Waals surface area contributed by atoms with E-state index in [1.54, 1.807) is 0 Å². The SMILES string of the molecule is CNC1CC(C)(C)Cc2nc(N3CCCC3C)sc21. The van der Waals surface area contributed by atoms with Crippen molar-refractivity contribution in [2.45, 2.75) is 58.5 Å². The Balaban J connectivity index is 1.93. The second kappa shape index (κ2) is 4.74. The summed E-state index contributed by atoms with van der Waals surface area (Å²) < 4.78 is 0. The zero-order chi connectivity index (χ0) is 13.6. The summed E-state index contributed by atoms with van der Waals surface area (Å²) >= 11 is 1.92. The molecule has 1 N–H and O–H groups in total. The summed E-state index contributed by atoms with van der Waals surface area (Å²) in [6, 6.07) is 1.15. The van der Waals surface area contributed by atoms with Crippen LogP contribution in [0.2, 0.25) is 0 Å². The number of hydrogen-bond acceptors (Lipinski definition) is 4. The van der Waals surface area contributed by atoms with Crippen LogP contribution in [0.5, 0.6) is 0 Å². The number of nitrogens with zero attached hydrogens (tertiary/aromatic N) is 2. The maximum absolute atomic E-state index is 4.98. The topological polar surface area (TPSA) is 28.2 Å². The molecule has 0 saturated carbocycles. The normalized spacial score (nSPS) is 29.6. The second-order valence-corrected chi connectivity index (χ2v) is 7.89. The Kier molecular flexibility index (Phi) is 3.34. The monoisotopic (exact) mass is 279 g/mol. The lowest BCUT2D eigenvalue weighted by atomic mass is 9.76. The van der Waals surface area contributed by atoms with E-state index >= 15 is 0 Å². The molecule has 2 atom stereocenters. The predicted octanol–water partition coefficient (Wildman–Crippen LogP) is 3.36. The van der Waals surface area contributed by atoms with Crippen LogP contribution in [0, 0.1) is 5.41 Å². The molecule has 0 aromatic carbocycles. The van der Waals surface area contributed by atoms with Crippen LogP contribution >= 0.6 is 11.3 Å². The maximum atomic E-state index is 4.98. The van der Waals surface area contributed by atoms with Crippen molar-refractivity contribution >= 4 is 16.5 Å². The number of anilines is 1. The Hall–Kier alpha value is -0.610. The van der Waals surface area contributed by atoms with Crippen molar-refractivity contribution in [1.29, 1.82) is 0 Å². The van der Waals surface area contributed by atoms with Crippen molar-refractivity contribution in [2.75, 3.05) is 18.5 Å². The Bertz CT molecular complexity index is 466. The first kappa shape index (κ1) is 13.4. The Labute approximate surface area is 120 Å². The average molecular weight is 279 g/mol. The van der Waals surface area contributed by atoms with Crippen LogP contribution in [0.1, 0.15) is 56.6 Å². The minimum atomic E-state index is 0.364. The van der Waals surface area contributed by atoms with Gasteiger partial charge in [-0.1, -0.05) is 25.2 Å². The van der Waals surface area contributed by atoms with E-state index in [4.69, 9.17) is 4.98 Å². The van der Waals surface area contributed by atoms with Crippen molar-refractivity contribution < 1.29 is 0 Å². The molecule has 2 unspecified atom stereocenters. The van der Waals surface area contributed by atoms with Crippen molar-refractivity contribution in [3.05, 3.63) is 10.6 Å². The van der Waals surface area contributed by atoms with Gasteiger partial charge >= 0.3 is 0 Å². The molecule has 0 spiro atoms. The van der Waals surface area contributed by atoms with E-state index in [0.717, 1.165) is 6.42 Å². The third-order valence-corrected chi connectivity index (χ3v) is 5.83. The zero-order valence-electron chi connectivity index (χ0n) is 12.5. The first-order valence-corrected chi connectivity index (χ1v) is 8.25. The van der Waals surface area contributed by atoms with E-state index in [-0.39, 0.29) is 0 Å². The van der Waals surface area contributed by atoms with Crippen molar-refractivity contribution in [3.8, 4) is 0 Å². The van der Waals surface area contributed by atoms with Crippen LogP contribution in [-0.2, 0) is 6.42 Å². The summed E-state index contributed by atoms with van der Waals surface area (Å²) in [5, 5.41) is 4.74. The predicted molar refractivity (Wildman–Crippen MR) is 82.1 cm³/mol. The minimum Gasteiger partial charge on any atom is -0.345 e.